The van der Waals surface area contributed by atoms with E-state index in [0.717, 1.165) is 34.5 Å². The highest BCUT2D eigenvalue weighted by Gasteiger charge is 2.03. The molecular weight excluding hydrogens is 230 g/mol. The maximum atomic E-state index is 5.73. The van der Waals surface area contributed by atoms with E-state index in [0.29, 0.717) is 0 Å². The molecule has 2 aromatic rings. The van der Waals surface area contributed by atoms with E-state index >= 15 is 0 Å². The van der Waals surface area contributed by atoms with Crippen molar-refractivity contribution in [1.29, 1.82) is 0 Å². The summed E-state index contributed by atoms with van der Waals surface area (Å²) < 4.78 is 0. The van der Waals surface area contributed by atoms with Crippen LogP contribution in [0.1, 0.15) is 19.8 Å². The second kappa shape index (κ2) is 5.98. The third kappa shape index (κ3) is 3.41. The second-order valence-electron chi connectivity index (χ2n) is 4.16. The van der Waals surface area contributed by atoms with Crippen molar-refractivity contribution in [3.63, 3.8) is 0 Å². The number of rotatable bonds is 5. The Labute approximate surface area is 106 Å². The zero-order valence-electron chi connectivity index (χ0n) is 9.97. The van der Waals surface area contributed by atoms with Crippen LogP contribution < -0.4 is 5.73 Å². The maximum absolute atomic E-state index is 5.73. The third-order valence-electron chi connectivity index (χ3n) is 2.55. The molecule has 0 radical (unpaired) electrons. The molecular formula is C13H17N3S. The van der Waals surface area contributed by atoms with Gasteiger partial charge in [-0.15, -0.1) is 11.8 Å². The normalized spacial score (nSPS) is 12.8. The summed E-state index contributed by atoms with van der Waals surface area (Å²) in [5, 5.41) is 2.21. The molecule has 0 amide bonds. The molecule has 2 N–H and O–H groups in total. The van der Waals surface area contributed by atoms with Crippen LogP contribution in [0.25, 0.3) is 10.9 Å². The van der Waals surface area contributed by atoms with Gasteiger partial charge in [0.2, 0.25) is 0 Å². The number of aromatic nitrogens is 2. The Hall–Kier alpha value is -1.13. The van der Waals surface area contributed by atoms with E-state index in [1.54, 1.807) is 18.1 Å². The molecule has 0 saturated carbocycles. The van der Waals surface area contributed by atoms with Gasteiger partial charge >= 0.3 is 0 Å². The van der Waals surface area contributed by atoms with Gasteiger partial charge < -0.3 is 5.73 Å². The van der Waals surface area contributed by atoms with Gasteiger partial charge in [-0.05, 0) is 31.6 Å². The fourth-order valence-electron chi connectivity index (χ4n) is 1.67. The van der Waals surface area contributed by atoms with Crippen molar-refractivity contribution in [3.8, 4) is 0 Å². The maximum Gasteiger partial charge on any atom is 0.117 e. The molecule has 17 heavy (non-hydrogen) atoms. The Kier molecular flexibility index (Phi) is 4.34. The molecule has 0 bridgehead atoms. The number of nitrogens with zero attached hydrogens (tertiary/aromatic N) is 2. The highest BCUT2D eigenvalue weighted by Crippen LogP contribution is 2.24. The molecule has 0 aliphatic heterocycles. The number of hydrogen-bond donors (Lipinski definition) is 1. The first-order valence-corrected chi connectivity index (χ1v) is 6.84. The minimum atomic E-state index is 0.290. The van der Waals surface area contributed by atoms with Crippen LogP contribution in [0.5, 0.6) is 0 Å². The van der Waals surface area contributed by atoms with Gasteiger partial charge in [-0.2, -0.15) is 0 Å². The van der Waals surface area contributed by atoms with Crippen LogP contribution in [0.15, 0.2) is 35.6 Å². The summed E-state index contributed by atoms with van der Waals surface area (Å²) >= 11 is 1.79. The Balaban J connectivity index is 2.03. The fourth-order valence-corrected chi connectivity index (χ4v) is 2.62. The highest BCUT2D eigenvalue weighted by molar-refractivity contribution is 7.99. The highest BCUT2D eigenvalue weighted by atomic mass is 32.2. The predicted octanol–water partition coefficient (Wildman–Crippen LogP) is 2.85. The van der Waals surface area contributed by atoms with E-state index in [-0.39, 0.29) is 6.04 Å². The molecule has 3 nitrogen and oxygen atoms in total. The van der Waals surface area contributed by atoms with E-state index < -0.39 is 0 Å². The Morgan fingerprint density at radius 1 is 1.29 bits per heavy atom. The van der Waals surface area contributed by atoms with Crippen molar-refractivity contribution in [1.82, 2.24) is 9.97 Å². The van der Waals surface area contributed by atoms with E-state index in [1.807, 2.05) is 25.1 Å². The number of benzene rings is 1. The molecule has 2 rings (SSSR count). The largest absolute Gasteiger partial charge is 0.328 e. The van der Waals surface area contributed by atoms with E-state index in [2.05, 4.69) is 16.0 Å². The number of fused-ring (bicyclic) bond motifs is 1. The molecule has 0 spiro atoms. The lowest BCUT2D eigenvalue weighted by molar-refractivity contribution is 0.656. The summed E-state index contributed by atoms with van der Waals surface area (Å²) in [4.78, 5) is 8.60. The molecule has 0 fully saturated rings. The Morgan fingerprint density at radius 2 is 2.12 bits per heavy atom. The van der Waals surface area contributed by atoms with Crippen molar-refractivity contribution in [3.05, 3.63) is 30.6 Å². The summed E-state index contributed by atoms with van der Waals surface area (Å²) in [5.74, 6) is 1.06. The van der Waals surface area contributed by atoms with Crippen molar-refractivity contribution in [2.75, 3.05) is 5.75 Å². The molecule has 1 aromatic carbocycles. The molecule has 0 saturated heterocycles. The molecule has 1 aromatic heterocycles. The number of nitrogens with two attached hydrogens (primary N) is 1. The Bertz CT molecular complexity index is 480. The van der Waals surface area contributed by atoms with E-state index in [9.17, 15) is 0 Å². The lowest BCUT2D eigenvalue weighted by Gasteiger charge is -2.06. The van der Waals surface area contributed by atoms with E-state index in [4.69, 9.17) is 5.73 Å². The SMILES string of the molecule is CC(N)CCCSc1ncnc2ccccc12. The first-order chi connectivity index (χ1) is 8.27. The van der Waals surface area contributed by atoms with Crippen LogP contribution in [0, 0.1) is 0 Å². The zero-order chi connectivity index (χ0) is 12.1. The number of thioether (sulfide) groups is 1. The topological polar surface area (TPSA) is 51.8 Å². The molecule has 90 valence electrons. The summed E-state index contributed by atoms with van der Waals surface area (Å²) in [7, 11) is 0. The molecule has 0 aliphatic rings. The summed E-state index contributed by atoms with van der Waals surface area (Å²) in [6.45, 7) is 2.05. The van der Waals surface area contributed by atoms with Gasteiger partial charge in [0.15, 0.2) is 0 Å². The van der Waals surface area contributed by atoms with Gasteiger partial charge in [-0.3, -0.25) is 0 Å². The quantitative estimate of drug-likeness (QED) is 0.501. The molecule has 0 aliphatic carbocycles. The predicted molar refractivity (Wildman–Crippen MR) is 73.1 cm³/mol. The average Bonchev–Trinajstić information content (AvgIpc) is 2.34. The van der Waals surface area contributed by atoms with Crippen LogP contribution >= 0.6 is 11.8 Å². The lowest BCUT2D eigenvalue weighted by Crippen LogP contribution is -2.14. The van der Waals surface area contributed by atoms with Gasteiger partial charge in [-0.25, -0.2) is 9.97 Å². The minimum absolute atomic E-state index is 0.290. The van der Waals surface area contributed by atoms with Gasteiger partial charge in [0, 0.05) is 11.4 Å². The van der Waals surface area contributed by atoms with Crippen LogP contribution in [-0.2, 0) is 0 Å². The molecule has 1 unspecified atom stereocenters. The summed E-state index contributed by atoms with van der Waals surface area (Å²) in [6.07, 6.45) is 3.83. The molecule has 1 heterocycles. The van der Waals surface area contributed by atoms with Crippen LogP contribution in [0.4, 0.5) is 0 Å². The average molecular weight is 247 g/mol. The van der Waals surface area contributed by atoms with Crippen molar-refractivity contribution in [2.45, 2.75) is 30.8 Å². The first kappa shape index (κ1) is 12.3. The monoisotopic (exact) mass is 247 g/mol. The van der Waals surface area contributed by atoms with Crippen LogP contribution in [0.2, 0.25) is 0 Å². The number of para-hydroxylation sites is 1. The van der Waals surface area contributed by atoms with Crippen LogP contribution in [0.3, 0.4) is 0 Å². The van der Waals surface area contributed by atoms with Gasteiger partial charge in [0.05, 0.1) is 5.52 Å². The van der Waals surface area contributed by atoms with Crippen molar-refractivity contribution >= 4 is 22.7 Å². The third-order valence-corrected chi connectivity index (χ3v) is 3.64. The van der Waals surface area contributed by atoms with E-state index in [1.165, 1.54) is 0 Å². The fraction of sp³-hybridized carbons (Fsp3) is 0.385. The minimum Gasteiger partial charge on any atom is -0.328 e. The second-order valence-corrected chi connectivity index (χ2v) is 5.25. The summed E-state index contributed by atoms with van der Waals surface area (Å²) in [6, 6.07) is 8.40. The van der Waals surface area contributed by atoms with Gasteiger partial charge in [0.1, 0.15) is 11.4 Å². The lowest BCUT2D eigenvalue weighted by atomic mass is 10.2. The standard InChI is InChI=1S/C13H17N3S/c1-10(14)5-4-8-17-13-11-6-2-3-7-12(11)15-9-16-13/h2-3,6-7,9-10H,4-5,8,14H2,1H3. The first-order valence-electron chi connectivity index (χ1n) is 5.85. The molecule has 1 atom stereocenters. The van der Waals surface area contributed by atoms with Gasteiger partial charge in [0.25, 0.3) is 0 Å². The van der Waals surface area contributed by atoms with Gasteiger partial charge in [-0.1, -0.05) is 18.2 Å². The van der Waals surface area contributed by atoms with Crippen molar-refractivity contribution in [2.24, 2.45) is 5.73 Å². The van der Waals surface area contributed by atoms with Crippen LogP contribution in [-0.4, -0.2) is 21.8 Å². The Morgan fingerprint density at radius 3 is 2.94 bits per heavy atom. The smallest absolute Gasteiger partial charge is 0.117 e. The van der Waals surface area contributed by atoms with Crippen molar-refractivity contribution < 1.29 is 0 Å². The zero-order valence-corrected chi connectivity index (χ0v) is 10.8. The molecule has 4 heteroatoms. The number of hydrogen-bond acceptors (Lipinski definition) is 4. The summed E-state index contributed by atoms with van der Waals surface area (Å²) in [5.41, 5.74) is 6.74.